The van der Waals surface area contributed by atoms with Crippen LogP contribution in [0.5, 0.6) is 0 Å². The van der Waals surface area contributed by atoms with Gasteiger partial charge in [-0.15, -0.1) is 0 Å². The number of aryl methyl sites for hydroxylation is 2. The summed E-state index contributed by atoms with van der Waals surface area (Å²) in [5.74, 6) is -1.06. The maximum Gasteiger partial charge on any atom is 0.337 e. The first kappa shape index (κ1) is 17.0. The fraction of sp³-hybridized carbons (Fsp3) is 0.467. The number of carbonyl (C=O) groups excluding carboxylic acids is 1. The van der Waals surface area contributed by atoms with Crippen LogP contribution in [0.15, 0.2) is 12.1 Å². The Kier molecular flexibility index (Phi) is 6.68. The van der Waals surface area contributed by atoms with Gasteiger partial charge in [-0.3, -0.25) is 0 Å². The van der Waals surface area contributed by atoms with Gasteiger partial charge in [0.05, 0.1) is 11.3 Å². The lowest BCUT2D eigenvalue weighted by Crippen LogP contribution is -2.31. The highest BCUT2D eigenvalue weighted by molar-refractivity contribution is 6.01. The summed E-state index contributed by atoms with van der Waals surface area (Å²) in [7, 11) is 0. The minimum Gasteiger partial charge on any atom is -0.478 e. The molecule has 0 unspecified atom stereocenters. The highest BCUT2D eigenvalue weighted by Gasteiger charge is 2.15. The molecule has 1 rings (SSSR count). The van der Waals surface area contributed by atoms with Crippen LogP contribution in [0.4, 0.5) is 10.5 Å². The van der Waals surface area contributed by atoms with Gasteiger partial charge in [0.2, 0.25) is 0 Å². The van der Waals surface area contributed by atoms with E-state index in [-0.39, 0.29) is 5.56 Å². The van der Waals surface area contributed by atoms with E-state index in [4.69, 9.17) is 4.74 Å². The fourth-order valence-corrected chi connectivity index (χ4v) is 1.98. The van der Waals surface area contributed by atoms with Gasteiger partial charge in [0.15, 0.2) is 0 Å². The Balaban J connectivity index is 2.65. The molecule has 6 nitrogen and oxygen atoms in total. The zero-order valence-corrected chi connectivity index (χ0v) is 12.7. The molecule has 0 aliphatic carbocycles. The highest BCUT2D eigenvalue weighted by Crippen LogP contribution is 2.22. The third kappa shape index (κ3) is 5.43. The number of hydrogen-bond acceptors (Lipinski definition) is 3. The van der Waals surface area contributed by atoms with Crippen molar-refractivity contribution >= 4 is 17.7 Å². The third-order valence-electron chi connectivity index (χ3n) is 2.90. The van der Waals surface area contributed by atoms with Gasteiger partial charge in [0.1, 0.15) is 0 Å². The standard InChI is InChI=1S/C15H22N2O4/c1-4-21-7-5-6-16-15(20)17-13-11(3)8-10(2)9-12(13)14(18)19/h8-9H,4-7H2,1-3H3,(H,18,19)(H2,16,17,20). The SMILES string of the molecule is CCOCCCNC(=O)Nc1c(C)cc(C)cc1C(=O)O. The van der Waals surface area contributed by atoms with E-state index in [1.807, 2.05) is 19.9 Å². The molecule has 1 aromatic carbocycles. The number of carbonyl (C=O) groups is 2. The van der Waals surface area contributed by atoms with Crippen molar-refractivity contribution in [3.63, 3.8) is 0 Å². The normalized spacial score (nSPS) is 10.2. The summed E-state index contributed by atoms with van der Waals surface area (Å²) < 4.78 is 5.17. The number of ether oxygens (including phenoxy) is 1. The van der Waals surface area contributed by atoms with Crippen molar-refractivity contribution in [3.8, 4) is 0 Å². The van der Waals surface area contributed by atoms with E-state index in [0.717, 1.165) is 11.1 Å². The van der Waals surface area contributed by atoms with E-state index in [9.17, 15) is 14.7 Å². The Morgan fingerprint density at radius 3 is 2.62 bits per heavy atom. The summed E-state index contributed by atoms with van der Waals surface area (Å²) >= 11 is 0. The molecule has 0 saturated heterocycles. The lowest BCUT2D eigenvalue weighted by Gasteiger charge is -2.13. The summed E-state index contributed by atoms with van der Waals surface area (Å²) in [5, 5.41) is 14.5. The Hall–Kier alpha value is -2.08. The second-order valence-corrected chi connectivity index (χ2v) is 4.74. The number of carboxylic acids is 1. The van der Waals surface area contributed by atoms with Gasteiger partial charge < -0.3 is 20.5 Å². The largest absolute Gasteiger partial charge is 0.478 e. The molecule has 116 valence electrons. The molecule has 3 N–H and O–H groups in total. The van der Waals surface area contributed by atoms with Crippen LogP contribution in [-0.2, 0) is 4.74 Å². The second-order valence-electron chi connectivity index (χ2n) is 4.74. The number of aromatic carboxylic acids is 1. The summed E-state index contributed by atoms with van der Waals surface area (Å²) in [6.07, 6.45) is 0.708. The van der Waals surface area contributed by atoms with Gasteiger partial charge in [-0.1, -0.05) is 6.07 Å². The summed E-state index contributed by atoms with van der Waals surface area (Å²) in [6, 6.07) is 2.96. The lowest BCUT2D eigenvalue weighted by molar-refractivity contribution is 0.0698. The number of nitrogens with one attached hydrogen (secondary N) is 2. The van der Waals surface area contributed by atoms with E-state index >= 15 is 0 Å². The number of carboxylic acid groups (broad SMARTS) is 1. The molecule has 6 heteroatoms. The topological polar surface area (TPSA) is 87.7 Å². The molecule has 0 aliphatic heterocycles. The van der Waals surface area contributed by atoms with E-state index in [1.165, 1.54) is 0 Å². The average Bonchev–Trinajstić information content (AvgIpc) is 2.41. The molecule has 0 heterocycles. The van der Waals surface area contributed by atoms with Gasteiger partial charge in [-0.05, 0) is 44.4 Å². The molecule has 0 bridgehead atoms. The predicted octanol–water partition coefficient (Wildman–Crippen LogP) is 2.55. The van der Waals surface area contributed by atoms with Crippen LogP contribution in [0.2, 0.25) is 0 Å². The van der Waals surface area contributed by atoms with Crippen molar-refractivity contribution in [3.05, 3.63) is 28.8 Å². The molecule has 0 aliphatic rings. The Morgan fingerprint density at radius 1 is 1.29 bits per heavy atom. The van der Waals surface area contributed by atoms with Crippen LogP contribution in [0.25, 0.3) is 0 Å². The quantitative estimate of drug-likeness (QED) is 0.674. The highest BCUT2D eigenvalue weighted by atomic mass is 16.5. The van der Waals surface area contributed by atoms with Crippen molar-refractivity contribution in [1.29, 1.82) is 0 Å². The van der Waals surface area contributed by atoms with Crippen molar-refractivity contribution in [2.24, 2.45) is 0 Å². The molecule has 0 aromatic heterocycles. The smallest absolute Gasteiger partial charge is 0.337 e. The number of amides is 2. The van der Waals surface area contributed by atoms with Crippen molar-refractivity contribution < 1.29 is 19.4 Å². The summed E-state index contributed by atoms with van der Waals surface area (Å²) in [6.45, 7) is 7.20. The van der Waals surface area contributed by atoms with Crippen molar-refractivity contribution in [1.82, 2.24) is 5.32 Å². The van der Waals surface area contributed by atoms with E-state index in [1.54, 1.807) is 13.0 Å². The Morgan fingerprint density at radius 2 is 2.00 bits per heavy atom. The van der Waals surface area contributed by atoms with Crippen LogP contribution in [0.3, 0.4) is 0 Å². The molecule has 0 radical (unpaired) electrons. The van der Waals surface area contributed by atoms with Crippen LogP contribution in [0, 0.1) is 13.8 Å². The second kappa shape index (κ2) is 8.26. The van der Waals surface area contributed by atoms with Crippen LogP contribution >= 0.6 is 0 Å². The molecule has 0 saturated carbocycles. The van der Waals surface area contributed by atoms with Gasteiger partial charge in [0, 0.05) is 19.8 Å². The van der Waals surface area contributed by atoms with Crippen LogP contribution in [0.1, 0.15) is 34.8 Å². The van der Waals surface area contributed by atoms with Crippen LogP contribution in [-0.4, -0.2) is 36.9 Å². The fourth-order valence-electron chi connectivity index (χ4n) is 1.98. The average molecular weight is 294 g/mol. The van der Waals surface area contributed by atoms with Crippen LogP contribution < -0.4 is 10.6 Å². The molecule has 1 aromatic rings. The maximum atomic E-state index is 11.8. The molecule has 0 fully saturated rings. The zero-order valence-electron chi connectivity index (χ0n) is 12.7. The van der Waals surface area contributed by atoms with E-state index in [0.29, 0.717) is 31.9 Å². The van der Waals surface area contributed by atoms with Crippen molar-refractivity contribution in [2.45, 2.75) is 27.2 Å². The number of benzene rings is 1. The molecule has 2 amide bonds. The molecular weight excluding hydrogens is 272 g/mol. The lowest BCUT2D eigenvalue weighted by atomic mass is 10.0. The number of anilines is 1. The first-order chi connectivity index (χ1) is 9.95. The Labute approximate surface area is 124 Å². The minimum absolute atomic E-state index is 0.0944. The van der Waals surface area contributed by atoms with Gasteiger partial charge in [0.25, 0.3) is 0 Å². The minimum atomic E-state index is -1.06. The predicted molar refractivity (Wildman–Crippen MR) is 81.0 cm³/mol. The Bertz CT molecular complexity index is 515. The van der Waals surface area contributed by atoms with E-state index in [2.05, 4.69) is 10.6 Å². The first-order valence-corrected chi connectivity index (χ1v) is 6.92. The molecule has 0 spiro atoms. The number of hydrogen-bond donors (Lipinski definition) is 3. The first-order valence-electron chi connectivity index (χ1n) is 6.92. The maximum absolute atomic E-state index is 11.8. The summed E-state index contributed by atoms with van der Waals surface area (Å²) in [5.41, 5.74) is 1.98. The number of rotatable bonds is 7. The number of urea groups is 1. The monoisotopic (exact) mass is 294 g/mol. The zero-order chi connectivity index (χ0) is 15.8. The van der Waals surface area contributed by atoms with Gasteiger partial charge in [-0.25, -0.2) is 9.59 Å². The van der Waals surface area contributed by atoms with E-state index < -0.39 is 12.0 Å². The molecule has 0 atom stereocenters. The molecular formula is C15H22N2O4. The van der Waals surface area contributed by atoms with Crippen molar-refractivity contribution in [2.75, 3.05) is 25.1 Å². The third-order valence-corrected chi connectivity index (χ3v) is 2.90. The van der Waals surface area contributed by atoms with Gasteiger partial charge in [-0.2, -0.15) is 0 Å². The van der Waals surface area contributed by atoms with Gasteiger partial charge >= 0.3 is 12.0 Å². The molecule has 21 heavy (non-hydrogen) atoms. The summed E-state index contributed by atoms with van der Waals surface area (Å²) in [4.78, 5) is 23.1.